The van der Waals surface area contributed by atoms with Crippen LogP contribution in [0.2, 0.25) is 0 Å². The van der Waals surface area contributed by atoms with Crippen molar-refractivity contribution in [3.05, 3.63) is 70.0 Å². The topological polar surface area (TPSA) is 21.3 Å². The van der Waals surface area contributed by atoms with Crippen molar-refractivity contribution >= 4 is 21.6 Å². The summed E-state index contributed by atoms with van der Waals surface area (Å²) in [5, 5.41) is 3.44. The maximum absolute atomic E-state index is 14.4. The summed E-state index contributed by atoms with van der Waals surface area (Å²) in [6.45, 7) is 0. The van der Waals surface area contributed by atoms with Crippen LogP contribution in [0.1, 0.15) is 29.5 Å². The number of anilines is 1. The molecule has 0 aromatic heterocycles. The molecule has 0 radical (unpaired) electrons. The number of rotatable bonds is 2. The van der Waals surface area contributed by atoms with Crippen LogP contribution in [0.15, 0.2) is 53.0 Å². The van der Waals surface area contributed by atoms with Gasteiger partial charge in [0.25, 0.3) is 0 Å². The summed E-state index contributed by atoms with van der Waals surface area (Å²) in [6, 6.07) is 11.3. The average Bonchev–Trinajstić information content (AvgIpc) is 3.04. The SMILES string of the molecule is COc1ccc(Br)cc1[C@@H]1Nc2c(F)cccc2[C@@H]2C=CC[C@@H]21. The van der Waals surface area contributed by atoms with Crippen molar-refractivity contribution in [2.45, 2.75) is 18.4 Å². The van der Waals surface area contributed by atoms with E-state index in [1.165, 1.54) is 6.07 Å². The van der Waals surface area contributed by atoms with Crippen LogP contribution in [0.3, 0.4) is 0 Å². The lowest BCUT2D eigenvalue weighted by Gasteiger charge is -2.38. The lowest BCUT2D eigenvalue weighted by atomic mass is 9.77. The molecule has 23 heavy (non-hydrogen) atoms. The molecule has 0 amide bonds. The number of ether oxygens (including phenoxy) is 1. The summed E-state index contributed by atoms with van der Waals surface area (Å²) in [6.07, 6.45) is 5.39. The molecule has 0 spiro atoms. The van der Waals surface area contributed by atoms with Gasteiger partial charge in [0.1, 0.15) is 11.6 Å². The molecule has 0 saturated carbocycles. The van der Waals surface area contributed by atoms with Crippen molar-refractivity contribution in [3.63, 3.8) is 0 Å². The third-order valence-corrected chi connectivity index (χ3v) is 5.37. The summed E-state index contributed by atoms with van der Waals surface area (Å²) in [5.41, 5.74) is 2.73. The average molecular weight is 374 g/mol. The molecule has 2 aromatic rings. The zero-order valence-electron chi connectivity index (χ0n) is 12.7. The Kier molecular flexibility index (Phi) is 3.64. The van der Waals surface area contributed by atoms with Crippen molar-refractivity contribution in [1.82, 2.24) is 0 Å². The van der Waals surface area contributed by atoms with E-state index in [0.717, 1.165) is 27.8 Å². The Bertz CT molecular complexity index is 789. The number of hydrogen-bond acceptors (Lipinski definition) is 2. The van der Waals surface area contributed by atoms with E-state index in [0.29, 0.717) is 11.6 Å². The van der Waals surface area contributed by atoms with Crippen molar-refractivity contribution in [3.8, 4) is 5.75 Å². The Morgan fingerprint density at radius 2 is 2.09 bits per heavy atom. The molecule has 2 aromatic carbocycles. The van der Waals surface area contributed by atoms with Gasteiger partial charge < -0.3 is 10.1 Å². The minimum absolute atomic E-state index is 0.0202. The molecule has 1 aliphatic carbocycles. The van der Waals surface area contributed by atoms with Gasteiger partial charge in [0.2, 0.25) is 0 Å². The first kappa shape index (κ1) is 14.8. The Morgan fingerprint density at radius 1 is 1.22 bits per heavy atom. The Labute approximate surface area is 143 Å². The Balaban J connectivity index is 1.85. The quantitative estimate of drug-likeness (QED) is 0.709. The zero-order chi connectivity index (χ0) is 16.0. The number of hydrogen-bond donors (Lipinski definition) is 1. The van der Waals surface area contributed by atoms with Crippen LogP contribution >= 0.6 is 15.9 Å². The fourth-order valence-corrected chi connectivity index (χ4v) is 4.22. The standard InChI is InChI=1S/C19H17BrFNO/c1-23-17-9-8-11(20)10-15(17)18-13-5-2-4-12(13)14-6-3-7-16(21)19(14)22-18/h2-4,6-10,12-13,18,22H,5H2,1H3/t12-,13+,18-/m1/s1. The molecular weight excluding hydrogens is 357 g/mol. The molecule has 0 unspecified atom stereocenters. The number of para-hydroxylation sites is 1. The van der Waals surface area contributed by atoms with Crippen molar-refractivity contribution in [1.29, 1.82) is 0 Å². The molecule has 0 saturated heterocycles. The Morgan fingerprint density at radius 3 is 2.91 bits per heavy atom. The largest absolute Gasteiger partial charge is 0.496 e. The van der Waals surface area contributed by atoms with Gasteiger partial charge in [0, 0.05) is 16.0 Å². The smallest absolute Gasteiger partial charge is 0.146 e. The monoisotopic (exact) mass is 373 g/mol. The van der Waals surface area contributed by atoms with Crippen LogP contribution in [0, 0.1) is 11.7 Å². The third-order valence-electron chi connectivity index (χ3n) is 4.87. The van der Waals surface area contributed by atoms with Gasteiger partial charge >= 0.3 is 0 Å². The molecule has 1 heterocycles. The molecule has 2 nitrogen and oxygen atoms in total. The van der Waals surface area contributed by atoms with E-state index in [4.69, 9.17) is 4.74 Å². The van der Waals surface area contributed by atoms with Crippen LogP contribution in [-0.2, 0) is 0 Å². The zero-order valence-corrected chi connectivity index (χ0v) is 14.3. The number of methoxy groups -OCH3 is 1. The van der Waals surface area contributed by atoms with Gasteiger partial charge in [-0.2, -0.15) is 0 Å². The molecule has 2 aliphatic rings. The van der Waals surface area contributed by atoms with Crippen molar-refractivity contribution in [2.75, 3.05) is 12.4 Å². The summed E-state index contributed by atoms with van der Waals surface area (Å²) >= 11 is 3.54. The van der Waals surface area contributed by atoms with Crippen LogP contribution in [-0.4, -0.2) is 7.11 Å². The minimum Gasteiger partial charge on any atom is -0.496 e. The molecule has 1 N–H and O–H groups in total. The number of nitrogens with one attached hydrogen (secondary N) is 1. The Hall–Kier alpha value is -1.81. The molecular formula is C19H17BrFNO. The van der Waals surface area contributed by atoms with Gasteiger partial charge in [-0.3, -0.25) is 0 Å². The number of benzene rings is 2. The highest BCUT2D eigenvalue weighted by atomic mass is 79.9. The first-order chi connectivity index (χ1) is 11.2. The molecule has 0 bridgehead atoms. The third kappa shape index (κ3) is 2.36. The molecule has 0 fully saturated rings. The normalized spacial score (nSPS) is 24.7. The van der Waals surface area contributed by atoms with Gasteiger partial charge in [0.05, 0.1) is 18.8 Å². The van der Waals surface area contributed by atoms with Gasteiger partial charge in [-0.05, 0) is 42.2 Å². The second-order valence-electron chi connectivity index (χ2n) is 6.07. The minimum atomic E-state index is -0.194. The number of fused-ring (bicyclic) bond motifs is 3. The fourth-order valence-electron chi connectivity index (χ4n) is 3.84. The van der Waals surface area contributed by atoms with E-state index < -0.39 is 0 Å². The second kappa shape index (κ2) is 5.68. The highest BCUT2D eigenvalue weighted by Crippen LogP contribution is 2.51. The summed E-state index contributed by atoms with van der Waals surface area (Å²) in [5.74, 6) is 1.25. The molecule has 118 valence electrons. The van der Waals surface area contributed by atoms with Gasteiger partial charge in [-0.25, -0.2) is 4.39 Å². The number of halogens is 2. The van der Waals surface area contributed by atoms with E-state index in [9.17, 15) is 4.39 Å². The summed E-state index contributed by atoms with van der Waals surface area (Å²) in [7, 11) is 1.68. The lowest BCUT2D eigenvalue weighted by molar-refractivity contribution is 0.379. The van der Waals surface area contributed by atoms with E-state index in [1.54, 1.807) is 13.2 Å². The lowest BCUT2D eigenvalue weighted by Crippen LogP contribution is -2.30. The second-order valence-corrected chi connectivity index (χ2v) is 6.98. The van der Waals surface area contributed by atoms with Gasteiger partial charge in [0.15, 0.2) is 0 Å². The van der Waals surface area contributed by atoms with Crippen LogP contribution in [0.25, 0.3) is 0 Å². The van der Waals surface area contributed by atoms with Gasteiger partial charge in [-0.15, -0.1) is 0 Å². The van der Waals surface area contributed by atoms with E-state index in [-0.39, 0.29) is 17.8 Å². The molecule has 4 rings (SSSR count). The number of allylic oxidation sites excluding steroid dienone is 2. The highest BCUT2D eigenvalue weighted by molar-refractivity contribution is 9.10. The van der Waals surface area contributed by atoms with E-state index in [2.05, 4.69) is 39.5 Å². The maximum atomic E-state index is 14.4. The fraction of sp³-hybridized carbons (Fsp3) is 0.263. The predicted octanol–water partition coefficient (Wildman–Crippen LogP) is 5.42. The van der Waals surface area contributed by atoms with Crippen LogP contribution in [0.4, 0.5) is 10.1 Å². The van der Waals surface area contributed by atoms with E-state index in [1.807, 2.05) is 18.2 Å². The van der Waals surface area contributed by atoms with Crippen LogP contribution < -0.4 is 10.1 Å². The van der Waals surface area contributed by atoms with Crippen molar-refractivity contribution in [2.24, 2.45) is 5.92 Å². The van der Waals surface area contributed by atoms with Crippen LogP contribution in [0.5, 0.6) is 5.75 Å². The molecule has 3 atom stereocenters. The first-order valence-corrected chi connectivity index (χ1v) is 8.53. The van der Waals surface area contributed by atoms with Crippen molar-refractivity contribution < 1.29 is 9.13 Å². The van der Waals surface area contributed by atoms with E-state index >= 15 is 0 Å². The maximum Gasteiger partial charge on any atom is 0.146 e. The predicted molar refractivity (Wildman–Crippen MR) is 93.4 cm³/mol. The highest BCUT2D eigenvalue weighted by Gasteiger charge is 2.39. The molecule has 4 heteroatoms. The summed E-state index contributed by atoms with van der Waals surface area (Å²) in [4.78, 5) is 0. The molecule has 1 aliphatic heterocycles. The first-order valence-electron chi connectivity index (χ1n) is 7.74. The van der Waals surface area contributed by atoms with Gasteiger partial charge in [-0.1, -0.05) is 40.2 Å². The summed E-state index contributed by atoms with van der Waals surface area (Å²) < 4.78 is 20.9.